The van der Waals surface area contributed by atoms with E-state index < -0.39 is 15.9 Å². The highest BCUT2D eigenvalue weighted by atomic mass is 35.5. The molecule has 2 fully saturated rings. The fourth-order valence-corrected chi connectivity index (χ4v) is 7.82. The molecule has 1 amide bonds. The first-order chi connectivity index (χ1) is 18.6. The quantitative estimate of drug-likeness (QED) is 0.382. The van der Waals surface area contributed by atoms with Crippen LogP contribution in [0.5, 0.6) is 0 Å². The summed E-state index contributed by atoms with van der Waals surface area (Å²) >= 11 is 12.4. The van der Waals surface area contributed by atoms with Gasteiger partial charge in [0.15, 0.2) is 0 Å². The molecule has 39 heavy (non-hydrogen) atoms. The lowest BCUT2D eigenvalue weighted by Gasteiger charge is -2.42. The van der Waals surface area contributed by atoms with Gasteiger partial charge >= 0.3 is 0 Å². The van der Waals surface area contributed by atoms with Crippen molar-refractivity contribution < 1.29 is 13.2 Å². The Hall–Kier alpha value is -2.58. The van der Waals surface area contributed by atoms with Crippen molar-refractivity contribution in [2.24, 2.45) is 5.92 Å². The molecule has 2 aliphatic rings. The molecule has 0 N–H and O–H groups in total. The fraction of sp³-hybridized carbons (Fsp3) is 0.367. The third-order valence-electron chi connectivity index (χ3n) is 8.02. The summed E-state index contributed by atoms with van der Waals surface area (Å²) < 4.78 is 28.6. The van der Waals surface area contributed by atoms with E-state index in [-0.39, 0.29) is 23.3 Å². The molecule has 0 unspecified atom stereocenters. The van der Waals surface area contributed by atoms with Gasteiger partial charge in [-0.15, -0.1) is 0 Å². The van der Waals surface area contributed by atoms with Crippen molar-refractivity contribution in [1.82, 2.24) is 9.21 Å². The number of sulfonamides is 1. The first kappa shape index (κ1) is 28.0. The lowest BCUT2D eigenvalue weighted by Crippen LogP contribution is -2.54. The standard InChI is InChI=1S/C30H33Cl2N3O3S/c1-21-6-3-4-9-26(21)27-12-13-35(39(37,38)25-8-5-7-23(31)18-25)20-28(27)30(36)34-16-14-33(15-17-34)29-19-24(32)11-10-22(29)2/h3-11,18-19,27-28H,12-17,20H2,1-2H3/t27-,28-/m1/s1. The number of carbonyl (C=O) groups is 1. The summed E-state index contributed by atoms with van der Waals surface area (Å²) in [5.41, 5.74) is 4.47. The maximum atomic E-state index is 14.1. The van der Waals surface area contributed by atoms with Crippen LogP contribution in [0, 0.1) is 19.8 Å². The molecule has 6 nitrogen and oxygen atoms in total. The van der Waals surface area contributed by atoms with Crippen LogP contribution in [-0.4, -0.2) is 62.8 Å². The van der Waals surface area contributed by atoms with Crippen LogP contribution >= 0.6 is 23.2 Å². The van der Waals surface area contributed by atoms with Crippen molar-refractivity contribution in [1.29, 1.82) is 0 Å². The molecule has 0 aromatic heterocycles. The topological polar surface area (TPSA) is 60.9 Å². The number of hydrogen-bond acceptors (Lipinski definition) is 4. The fourth-order valence-electron chi connectivity index (χ4n) is 5.87. The zero-order valence-electron chi connectivity index (χ0n) is 22.2. The summed E-state index contributed by atoms with van der Waals surface area (Å²) in [5.74, 6) is -0.525. The summed E-state index contributed by atoms with van der Waals surface area (Å²) in [6, 6.07) is 20.3. The molecule has 0 spiro atoms. The third kappa shape index (κ3) is 5.82. The maximum Gasteiger partial charge on any atom is 0.243 e. The summed E-state index contributed by atoms with van der Waals surface area (Å²) in [7, 11) is -3.79. The van der Waals surface area contributed by atoms with Crippen molar-refractivity contribution in [3.8, 4) is 0 Å². The van der Waals surface area contributed by atoms with Crippen LogP contribution < -0.4 is 4.90 Å². The molecule has 0 saturated carbocycles. The number of anilines is 1. The van der Waals surface area contributed by atoms with Crippen molar-refractivity contribution in [2.75, 3.05) is 44.2 Å². The predicted octanol–water partition coefficient (Wildman–Crippen LogP) is 5.75. The van der Waals surface area contributed by atoms with E-state index in [1.165, 1.54) is 10.4 Å². The molecule has 9 heteroatoms. The number of amides is 1. The number of nitrogens with zero attached hydrogens (tertiary/aromatic N) is 3. The van der Waals surface area contributed by atoms with Gasteiger partial charge in [0, 0.05) is 55.0 Å². The van der Waals surface area contributed by atoms with Crippen molar-refractivity contribution >= 4 is 44.8 Å². The normalized spacial score (nSPS) is 20.7. The number of hydrogen-bond donors (Lipinski definition) is 0. The summed E-state index contributed by atoms with van der Waals surface area (Å²) in [6.07, 6.45) is 0.572. The third-order valence-corrected chi connectivity index (χ3v) is 10.3. The van der Waals surface area contributed by atoms with Gasteiger partial charge in [-0.2, -0.15) is 4.31 Å². The van der Waals surface area contributed by atoms with Crippen LogP contribution in [0.1, 0.15) is 29.0 Å². The molecule has 2 heterocycles. The second kappa shape index (κ2) is 11.5. The Morgan fingerprint density at radius 2 is 1.54 bits per heavy atom. The minimum atomic E-state index is -3.79. The Morgan fingerprint density at radius 1 is 0.821 bits per heavy atom. The Balaban J connectivity index is 1.39. The van der Waals surface area contributed by atoms with Gasteiger partial charge in [-0.1, -0.05) is 59.6 Å². The Bertz CT molecular complexity index is 1470. The van der Waals surface area contributed by atoms with Crippen LogP contribution in [0.4, 0.5) is 5.69 Å². The lowest BCUT2D eigenvalue weighted by molar-refractivity contribution is -0.137. The van der Waals surface area contributed by atoms with Gasteiger partial charge in [0.1, 0.15) is 0 Å². The molecule has 0 aliphatic carbocycles. The molecular formula is C30H33Cl2N3O3S. The van der Waals surface area contributed by atoms with Crippen LogP contribution in [-0.2, 0) is 14.8 Å². The number of rotatable bonds is 5. The number of carbonyl (C=O) groups excluding carboxylic acids is 1. The van der Waals surface area contributed by atoms with Crippen LogP contribution in [0.3, 0.4) is 0 Å². The molecule has 3 aromatic rings. The largest absolute Gasteiger partial charge is 0.368 e. The monoisotopic (exact) mass is 585 g/mol. The molecule has 0 radical (unpaired) electrons. The first-order valence-electron chi connectivity index (χ1n) is 13.3. The van der Waals surface area contributed by atoms with E-state index in [2.05, 4.69) is 30.9 Å². The van der Waals surface area contributed by atoms with Gasteiger partial charge in [0.25, 0.3) is 0 Å². The Labute approximate surface area is 241 Å². The smallest absolute Gasteiger partial charge is 0.243 e. The zero-order valence-corrected chi connectivity index (χ0v) is 24.5. The van der Waals surface area contributed by atoms with E-state index in [1.54, 1.807) is 18.2 Å². The Kier molecular flexibility index (Phi) is 8.24. The highest BCUT2D eigenvalue weighted by Gasteiger charge is 2.42. The molecule has 206 valence electrons. The summed E-state index contributed by atoms with van der Waals surface area (Å²) in [4.78, 5) is 18.4. The lowest BCUT2D eigenvalue weighted by atomic mass is 9.78. The van der Waals surface area contributed by atoms with E-state index in [4.69, 9.17) is 23.2 Å². The van der Waals surface area contributed by atoms with Crippen molar-refractivity contribution in [3.63, 3.8) is 0 Å². The summed E-state index contributed by atoms with van der Waals surface area (Å²) in [5, 5.41) is 1.06. The van der Waals surface area contributed by atoms with Crippen molar-refractivity contribution in [2.45, 2.75) is 31.1 Å². The zero-order chi connectivity index (χ0) is 27.7. The minimum Gasteiger partial charge on any atom is -0.368 e. The van der Waals surface area contributed by atoms with Gasteiger partial charge in [-0.05, 0) is 73.2 Å². The van der Waals surface area contributed by atoms with E-state index in [0.29, 0.717) is 49.2 Å². The number of benzene rings is 3. The number of piperazine rings is 1. The minimum absolute atomic E-state index is 0.0108. The van der Waals surface area contributed by atoms with E-state index in [0.717, 1.165) is 22.4 Å². The van der Waals surface area contributed by atoms with Gasteiger partial charge in [0.2, 0.25) is 15.9 Å². The molecule has 2 atom stereocenters. The maximum absolute atomic E-state index is 14.1. The average molecular weight is 587 g/mol. The van der Waals surface area contributed by atoms with Gasteiger partial charge in [0.05, 0.1) is 10.8 Å². The second-order valence-corrected chi connectivity index (χ2v) is 13.2. The predicted molar refractivity (Wildman–Crippen MR) is 157 cm³/mol. The summed E-state index contributed by atoms with van der Waals surface area (Å²) in [6.45, 7) is 7.13. The Morgan fingerprint density at radius 3 is 2.26 bits per heavy atom. The number of aryl methyl sites for hydroxylation is 2. The highest BCUT2D eigenvalue weighted by molar-refractivity contribution is 7.89. The van der Waals surface area contributed by atoms with E-state index in [9.17, 15) is 13.2 Å². The number of halogens is 2. The highest BCUT2D eigenvalue weighted by Crippen LogP contribution is 2.38. The molecule has 0 bridgehead atoms. The van der Waals surface area contributed by atoms with Crippen LogP contribution in [0.15, 0.2) is 71.6 Å². The average Bonchev–Trinajstić information content (AvgIpc) is 2.94. The second-order valence-electron chi connectivity index (χ2n) is 10.4. The van der Waals surface area contributed by atoms with Crippen molar-refractivity contribution in [3.05, 3.63) is 93.5 Å². The molecule has 2 saturated heterocycles. The van der Waals surface area contributed by atoms with Gasteiger partial charge in [-0.3, -0.25) is 4.79 Å². The number of piperidine rings is 1. The molecular weight excluding hydrogens is 553 g/mol. The van der Waals surface area contributed by atoms with Crippen LogP contribution in [0.25, 0.3) is 0 Å². The van der Waals surface area contributed by atoms with Gasteiger partial charge < -0.3 is 9.80 Å². The SMILES string of the molecule is Cc1ccccc1[C@H]1CCN(S(=O)(=O)c2cccc(Cl)c2)C[C@H]1C(=O)N1CCN(c2cc(Cl)ccc2C)CC1. The van der Waals surface area contributed by atoms with Gasteiger partial charge in [-0.25, -0.2) is 8.42 Å². The van der Waals surface area contributed by atoms with E-state index in [1.807, 2.05) is 35.2 Å². The van der Waals surface area contributed by atoms with Crippen LogP contribution in [0.2, 0.25) is 10.0 Å². The van der Waals surface area contributed by atoms with E-state index >= 15 is 0 Å². The molecule has 3 aromatic carbocycles. The first-order valence-corrected chi connectivity index (χ1v) is 15.5. The molecule has 5 rings (SSSR count). The molecule has 2 aliphatic heterocycles.